The molecule has 0 saturated carbocycles. The monoisotopic (exact) mass is 376 g/mol. The summed E-state index contributed by atoms with van der Waals surface area (Å²) in [5, 5.41) is 0.390. The molecule has 0 aromatic heterocycles. The number of ether oxygens (including phenoxy) is 1. The van der Waals surface area contributed by atoms with Gasteiger partial charge in [0.15, 0.2) is 0 Å². The summed E-state index contributed by atoms with van der Waals surface area (Å²) in [6.07, 6.45) is -2.32. The van der Waals surface area contributed by atoms with Crippen LogP contribution in [0.5, 0.6) is 5.75 Å². The van der Waals surface area contributed by atoms with Crippen molar-refractivity contribution in [2.24, 2.45) is 0 Å². The molecular formula is C21H16ClF3O. The van der Waals surface area contributed by atoms with Gasteiger partial charge in [0, 0.05) is 16.1 Å². The smallest absolute Gasteiger partial charge is 0.432 e. The van der Waals surface area contributed by atoms with Crippen molar-refractivity contribution in [2.45, 2.75) is 32.0 Å². The van der Waals surface area contributed by atoms with Gasteiger partial charge in [0.05, 0.1) is 5.56 Å². The molecule has 0 N–H and O–H groups in total. The van der Waals surface area contributed by atoms with Crippen molar-refractivity contribution in [3.8, 4) is 17.6 Å². The van der Waals surface area contributed by atoms with Crippen molar-refractivity contribution in [2.75, 3.05) is 0 Å². The van der Waals surface area contributed by atoms with Crippen LogP contribution in [0.3, 0.4) is 0 Å². The second kappa shape index (κ2) is 6.74. The number of alkyl halides is 3. The molecule has 134 valence electrons. The van der Waals surface area contributed by atoms with E-state index in [1.54, 1.807) is 6.07 Å². The fraction of sp³-hybridized carbons (Fsp3) is 0.238. The maximum atomic E-state index is 13.6. The number of hydrogen-bond acceptors (Lipinski definition) is 1. The molecule has 3 rings (SSSR count). The van der Waals surface area contributed by atoms with Crippen LogP contribution in [0, 0.1) is 18.8 Å². The Labute approximate surface area is 155 Å². The van der Waals surface area contributed by atoms with Crippen LogP contribution in [0.4, 0.5) is 13.2 Å². The zero-order chi connectivity index (χ0) is 18.9. The Kier molecular flexibility index (Phi) is 4.77. The fourth-order valence-electron chi connectivity index (χ4n) is 2.71. The van der Waals surface area contributed by atoms with Gasteiger partial charge in [0.25, 0.3) is 0 Å². The van der Waals surface area contributed by atoms with Crippen molar-refractivity contribution in [1.82, 2.24) is 0 Å². The molecule has 0 radical (unpaired) electrons. The predicted molar refractivity (Wildman–Crippen MR) is 97.4 cm³/mol. The van der Waals surface area contributed by atoms with E-state index in [9.17, 15) is 13.2 Å². The molecule has 0 bridgehead atoms. The number of hydrogen-bond donors (Lipinski definition) is 0. The lowest BCUT2D eigenvalue weighted by Gasteiger charge is -2.36. The Morgan fingerprint density at radius 1 is 1.12 bits per heavy atom. The summed E-state index contributed by atoms with van der Waals surface area (Å²) >= 11 is 6.10. The van der Waals surface area contributed by atoms with Crippen molar-refractivity contribution in [1.29, 1.82) is 0 Å². The zero-order valence-corrected chi connectivity index (χ0v) is 15.0. The van der Waals surface area contributed by atoms with Crippen molar-refractivity contribution in [3.63, 3.8) is 0 Å². The second-order valence-electron chi connectivity index (χ2n) is 6.16. The maximum Gasteiger partial charge on any atom is 0.432 e. The van der Waals surface area contributed by atoms with E-state index in [0.717, 1.165) is 17.2 Å². The molecule has 1 atom stereocenters. The Morgan fingerprint density at radius 3 is 2.42 bits per heavy atom. The SMILES string of the molecule is CCC1(C(F)(F)F)C=Cc2cc(Cl)cc(C#Cc3ccc(C)cc3)c2O1. The molecule has 0 amide bonds. The highest BCUT2D eigenvalue weighted by Crippen LogP contribution is 2.44. The van der Waals surface area contributed by atoms with Crippen LogP contribution < -0.4 is 4.74 Å². The van der Waals surface area contributed by atoms with Crippen LogP contribution in [-0.2, 0) is 0 Å². The first-order valence-corrected chi connectivity index (χ1v) is 8.49. The van der Waals surface area contributed by atoms with Gasteiger partial charge in [0.1, 0.15) is 5.75 Å². The van der Waals surface area contributed by atoms with Crippen molar-refractivity contribution < 1.29 is 17.9 Å². The van der Waals surface area contributed by atoms with E-state index in [1.807, 2.05) is 31.2 Å². The first kappa shape index (κ1) is 18.4. The van der Waals surface area contributed by atoms with Crippen LogP contribution in [0.2, 0.25) is 5.02 Å². The summed E-state index contributed by atoms with van der Waals surface area (Å²) in [4.78, 5) is 0. The minimum atomic E-state index is -4.53. The van der Waals surface area contributed by atoms with Crippen LogP contribution in [-0.4, -0.2) is 11.8 Å². The van der Waals surface area contributed by atoms with Crippen LogP contribution >= 0.6 is 11.6 Å². The van der Waals surface area contributed by atoms with E-state index in [0.29, 0.717) is 16.1 Å². The lowest BCUT2D eigenvalue weighted by atomic mass is 9.93. The van der Waals surface area contributed by atoms with Gasteiger partial charge in [-0.15, -0.1) is 0 Å². The number of aryl methyl sites for hydroxylation is 1. The number of fused-ring (bicyclic) bond motifs is 1. The van der Waals surface area contributed by atoms with Gasteiger partial charge in [-0.2, -0.15) is 13.2 Å². The molecule has 0 spiro atoms. The molecule has 1 aliphatic rings. The molecule has 1 unspecified atom stereocenters. The molecule has 0 fully saturated rings. The van der Waals surface area contributed by atoms with E-state index in [4.69, 9.17) is 16.3 Å². The average molecular weight is 377 g/mol. The number of benzene rings is 2. The molecule has 1 nitrogen and oxygen atoms in total. The first-order chi connectivity index (χ1) is 12.2. The van der Waals surface area contributed by atoms with Crippen LogP contribution in [0.1, 0.15) is 35.6 Å². The van der Waals surface area contributed by atoms with E-state index >= 15 is 0 Å². The summed E-state index contributed by atoms with van der Waals surface area (Å²) in [6.45, 7) is 3.41. The first-order valence-electron chi connectivity index (χ1n) is 8.11. The summed E-state index contributed by atoms with van der Waals surface area (Å²) in [7, 11) is 0. The lowest BCUT2D eigenvalue weighted by molar-refractivity contribution is -0.230. The Morgan fingerprint density at radius 2 is 1.81 bits per heavy atom. The third-order valence-corrected chi connectivity index (χ3v) is 4.52. The Bertz CT molecular complexity index is 917. The molecule has 0 aliphatic carbocycles. The molecule has 26 heavy (non-hydrogen) atoms. The van der Waals surface area contributed by atoms with Crippen LogP contribution in [0.15, 0.2) is 42.5 Å². The topological polar surface area (TPSA) is 9.23 Å². The van der Waals surface area contributed by atoms with Crippen LogP contribution in [0.25, 0.3) is 6.08 Å². The Hall–Kier alpha value is -2.38. The third kappa shape index (κ3) is 3.45. The quantitative estimate of drug-likeness (QED) is 0.541. The van der Waals surface area contributed by atoms with Crippen molar-refractivity contribution in [3.05, 3.63) is 69.8 Å². The number of halogens is 4. The molecule has 1 aliphatic heterocycles. The molecule has 0 saturated heterocycles. The van der Waals surface area contributed by atoms with E-state index in [2.05, 4.69) is 11.8 Å². The van der Waals surface area contributed by atoms with Gasteiger partial charge >= 0.3 is 6.18 Å². The third-order valence-electron chi connectivity index (χ3n) is 4.30. The van der Waals surface area contributed by atoms with E-state index in [-0.39, 0.29) is 12.2 Å². The largest absolute Gasteiger partial charge is 0.472 e. The summed E-state index contributed by atoms with van der Waals surface area (Å²) in [5.74, 6) is 5.96. The average Bonchev–Trinajstić information content (AvgIpc) is 2.59. The van der Waals surface area contributed by atoms with Gasteiger partial charge in [-0.3, -0.25) is 0 Å². The highest BCUT2D eigenvalue weighted by molar-refractivity contribution is 6.31. The standard InChI is InChI=1S/C21H16ClF3O/c1-3-20(21(23,24)25)11-10-17-13-18(22)12-16(19(17)26-20)9-8-15-6-4-14(2)5-7-15/h4-7,10-13H,3H2,1-2H3. The zero-order valence-electron chi connectivity index (χ0n) is 14.2. The van der Waals surface area contributed by atoms with E-state index in [1.165, 1.54) is 19.1 Å². The number of rotatable bonds is 1. The van der Waals surface area contributed by atoms with E-state index < -0.39 is 11.8 Å². The van der Waals surface area contributed by atoms with Gasteiger partial charge in [-0.1, -0.05) is 54.1 Å². The van der Waals surface area contributed by atoms with Gasteiger partial charge in [0.2, 0.25) is 5.60 Å². The molecule has 2 aromatic rings. The van der Waals surface area contributed by atoms with Gasteiger partial charge in [-0.05, 0) is 43.7 Å². The summed E-state index contributed by atoms with van der Waals surface area (Å²) in [6, 6.07) is 10.6. The molecule has 5 heteroatoms. The second-order valence-corrected chi connectivity index (χ2v) is 6.60. The predicted octanol–water partition coefficient (Wildman–Crippen LogP) is 6.16. The van der Waals surface area contributed by atoms with Crippen molar-refractivity contribution >= 4 is 17.7 Å². The fourth-order valence-corrected chi connectivity index (χ4v) is 2.93. The highest BCUT2D eigenvalue weighted by Gasteiger charge is 2.55. The maximum absolute atomic E-state index is 13.6. The Balaban J connectivity index is 2.07. The van der Waals surface area contributed by atoms with Gasteiger partial charge < -0.3 is 4.74 Å². The minimum absolute atomic E-state index is 0.107. The van der Waals surface area contributed by atoms with Gasteiger partial charge in [-0.25, -0.2) is 0 Å². The lowest BCUT2D eigenvalue weighted by Crippen LogP contribution is -2.49. The summed E-state index contributed by atoms with van der Waals surface area (Å²) in [5.41, 5.74) is 0.322. The normalized spacial score (nSPS) is 18.5. The minimum Gasteiger partial charge on any atom is -0.472 e. The highest BCUT2D eigenvalue weighted by atomic mass is 35.5. The molecule has 2 aromatic carbocycles. The molecular weight excluding hydrogens is 361 g/mol. The summed E-state index contributed by atoms with van der Waals surface area (Å²) < 4.78 is 46.1. The molecule has 1 heterocycles.